The van der Waals surface area contributed by atoms with Crippen molar-refractivity contribution in [3.8, 4) is 5.75 Å². The van der Waals surface area contributed by atoms with Gasteiger partial charge in [-0.15, -0.1) is 0 Å². The van der Waals surface area contributed by atoms with Crippen molar-refractivity contribution >= 4 is 23.5 Å². The van der Waals surface area contributed by atoms with Gasteiger partial charge in [-0.05, 0) is 30.2 Å². The first kappa shape index (κ1) is 21.6. The number of para-hydroxylation sites is 1. The van der Waals surface area contributed by atoms with Crippen LogP contribution in [0.25, 0.3) is 0 Å². The number of carbonyl (C=O) groups excluding carboxylic acids is 2. The number of nitrogens with one attached hydrogen (secondary N) is 2. The fraction of sp³-hybridized carbons (Fsp3) is 0.238. The maximum absolute atomic E-state index is 12.9. The molecule has 152 valence electrons. The van der Waals surface area contributed by atoms with Gasteiger partial charge in [0.2, 0.25) is 5.78 Å². The van der Waals surface area contributed by atoms with Crippen LogP contribution >= 0.6 is 0 Å². The van der Waals surface area contributed by atoms with Crippen LogP contribution in [0.2, 0.25) is 0 Å². The van der Waals surface area contributed by atoms with E-state index in [0.717, 1.165) is 0 Å². The Kier molecular flexibility index (Phi) is 6.71. The number of rotatable bonds is 9. The van der Waals surface area contributed by atoms with Gasteiger partial charge in [0.25, 0.3) is 5.91 Å². The molecule has 1 unspecified atom stereocenters. The SMILES string of the molecule is CC(C)CC(=O)C(NC(=O)c1ccc(C(=N)N)cc1)(Oc1ccccc1)C(=O)O. The molecule has 1 atom stereocenters. The van der Waals surface area contributed by atoms with Crippen molar-refractivity contribution in [2.45, 2.75) is 26.0 Å². The van der Waals surface area contributed by atoms with Gasteiger partial charge in [0.15, 0.2) is 0 Å². The molecular weight excluding hydrogens is 374 g/mol. The van der Waals surface area contributed by atoms with Gasteiger partial charge in [0, 0.05) is 17.5 Å². The Morgan fingerprint density at radius 3 is 2.10 bits per heavy atom. The number of ketones is 1. The monoisotopic (exact) mass is 397 g/mol. The lowest BCUT2D eigenvalue weighted by Crippen LogP contribution is -2.64. The third kappa shape index (κ3) is 5.19. The lowest BCUT2D eigenvalue weighted by molar-refractivity contribution is -0.164. The number of aliphatic carboxylic acids is 1. The summed E-state index contributed by atoms with van der Waals surface area (Å²) >= 11 is 0. The summed E-state index contributed by atoms with van der Waals surface area (Å²) in [7, 11) is 0. The van der Waals surface area contributed by atoms with Gasteiger partial charge < -0.3 is 15.6 Å². The number of hydrogen-bond acceptors (Lipinski definition) is 5. The van der Waals surface area contributed by atoms with Crippen LogP contribution < -0.4 is 15.8 Å². The van der Waals surface area contributed by atoms with E-state index in [-0.39, 0.29) is 29.5 Å². The van der Waals surface area contributed by atoms with Crippen LogP contribution in [0.4, 0.5) is 0 Å². The highest BCUT2D eigenvalue weighted by atomic mass is 16.5. The number of carboxylic acid groups (broad SMARTS) is 1. The molecule has 5 N–H and O–H groups in total. The summed E-state index contributed by atoms with van der Waals surface area (Å²) in [5, 5.41) is 19.5. The van der Waals surface area contributed by atoms with Gasteiger partial charge in [0.1, 0.15) is 11.6 Å². The Balaban J connectivity index is 2.41. The number of benzene rings is 2. The average molecular weight is 397 g/mol. The number of amidine groups is 1. The van der Waals surface area contributed by atoms with Crippen LogP contribution in [0.3, 0.4) is 0 Å². The second kappa shape index (κ2) is 9.01. The van der Waals surface area contributed by atoms with E-state index < -0.39 is 23.4 Å². The number of Topliss-reactive ketones (excluding diaryl/α,β-unsaturated/α-hetero) is 1. The lowest BCUT2D eigenvalue weighted by atomic mass is 9.97. The Morgan fingerprint density at radius 2 is 1.62 bits per heavy atom. The van der Waals surface area contributed by atoms with E-state index in [0.29, 0.717) is 5.56 Å². The molecule has 0 aliphatic rings. The van der Waals surface area contributed by atoms with Gasteiger partial charge in [-0.3, -0.25) is 20.3 Å². The summed E-state index contributed by atoms with van der Waals surface area (Å²) in [4.78, 5) is 37.8. The molecule has 0 spiro atoms. The van der Waals surface area contributed by atoms with Crippen LogP contribution in [0.5, 0.6) is 5.75 Å². The summed E-state index contributed by atoms with van der Waals surface area (Å²) < 4.78 is 5.55. The van der Waals surface area contributed by atoms with Crippen LogP contribution in [0.15, 0.2) is 54.6 Å². The molecule has 0 fully saturated rings. The molecule has 2 aromatic rings. The largest absolute Gasteiger partial charge is 0.476 e. The molecular formula is C21H23N3O5. The standard InChI is InChI=1S/C21H23N3O5/c1-13(2)12-17(25)21(20(27)28,29-16-6-4-3-5-7-16)24-19(26)15-10-8-14(9-11-15)18(22)23/h3-11,13H,12H2,1-2H3,(H3,22,23)(H,24,26)(H,27,28). The molecule has 0 aliphatic heterocycles. The van der Waals surface area contributed by atoms with E-state index >= 15 is 0 Å². The minimum absolute atomic E-state index is 0.0923. The van der Waals surface area contributed by atoms with Crippen molar-refractivity contribution in [3.63, 3.8) is 0 Å². The molecule has 0 bridgehead atoms. The van der Waals surface area contributed by atoms with Crippen molar-refractivity contribution in [1.82, 2.24) is 5.32 Å². The molecule has 0 saturated carbocycles. The molecule has 1 amide bonds. The zero-order valence-electron chi connectivity index (χ0n) is 16.1. The Hall–Kier alpha value is -3.68. The van der Waals surface area contributed by atoms with Crippen LogP contribution in [0, 0.1) is 11.3 Å². The Labute approximate surface area is 168 Å². The Bertz CT molecular complexity index is 910. The zero-order chi connectivity index (χ0) is 21.6. The highest BCUT2D eigenvalue weighted by Gasteiger charge is 2.50. The van der Waals surface area contributed by atoms with Gasteiger partial charge in [-0.1, -0.05) is 44.2 Å². The van der Waals surface area contributed by atoms with E-state index in [1.807, 2.05) is 0 Å². The fourth-order valence-corrected chi connectivity index (χ4v) is 2.58. The van der Waals surface area contributed by atoms with Crippen LogP contribution in [-0.4, -0.2) is 34.3 Å². The molecule has 29 heavy (non-hydrogen) atoms. The predicted molar refractivity (Wildman–Crippen MR) is 107 cm³/mol. The maximum Gasteiger partial charge on any atom is 0.378 e. The summed E-state index contributed by atoms with van der Waals surface area (Å²) in [6.45, 7) is 3.52. The lowest BCUT2D eigenvalue weighted by Gasteiger charge is -2.30. The molecule has 0 heterocycles. The highest BCUT2D eigenvalue weighted by Crippen LogP contribution is 2.22. The second-order valence-corrected chi connectivity index (χ2v) is 6.87. The Morgan fingerprint density at radius 1 is 1.07 bits per heavy atom. The summed E-state index contributed by atoms with van der Waals surface area (Å²) in [6, 6.07) is 13.6. The predicted octanol–water partition coefficient (Wildman–Crippen LogP) is 2.18. The number of nitrogen functional groups attached to an aromatic ring is 1. The maximum atomic E-state index is 12.9. The smallest absolute Gasteiger partial charge is 0.378 e. The minimum atomic E-state index is -2.58. The topological polar surface area (TPSA) is 143 Å². The van der Waals surface area contributed by atoms with E-state index in [1.165, 1.54) is 36.4 Å². The highest BCUT2D eigenvalue weighted by molar-refractivity contribution is 6.11. The second-order valence-electron chi connectivity index (χ2n) is 6.87. The summed E-state index contributed by atoms with van der Waals surface area (Å²) in [5.74, 6) is -3.41. The van der Waals surface area contributed by atoms with Crippen LogP contribution in [-0.2, 0) is 9.59 Å². The molecule has 0 radical (unpaired) electrons. The quantitative estimate of drug-likeness (QED) is 0.221. The number of ether oxygens (including phenoxy) is 1. The number of hydrogen-bond donors (Lipinski definition) is 4. The van der Waals surface area contributed by atoms with Crippen molar-refractivity contribution < 1.29 is 24.2 Å². The third-order valence-corrected chi connectivity index (χ3v) is 4.05. The van der Waals surface area contributed by atoms with E-state index in [4.69, 9.17) is 15.9 Å². The van der Waals surface area contributed by atoms with E-state index in [1.54, 1.807) is 32.0 Å². The normalized spacial score (nSPS) is 12.7. The first-order valence-corrected chi connectivity index (χ1v) is 8.93. The number of amides is 1. The summed E-state index contributed by atoms with van der Waals surface area (Å²) in [6.07, 6.45) is -0.108. The zero-order valence-corrected chi connectivity index (χ0v) is 16.1. The number of carboxylic acids is 1. The van der Waals surface area contributed by atoms with Gasteiger partial charge >= 0.3 is 11.7 Å². The number of nitrogens with two attached hydrogens (primary N) is 1. The molecule has 0 aromatic heterocycles. The van der Waals surface area contributed by atoms with Crippen molar-refractivity contribution in [2.75, 3.05) is 0 Å². The van der Waals surface area contributed by atoms with Crippen molar-refractivity contribution in [1.29, 1.82) is 5.41 Å². The first-order valence-electron chi connectivity index (χ1n) is 8.93. The van der Waals surface area contributed by atoms with Gasteiger partial charge in [-0.2, -0.15) is 0 Å². The van der Waals surface area contributed by atoms with Crippen molar-refractivity contribution in [2.24, 2.45) is 11.7 Å². The molecule has 8 heteroatoms. The number of carbonyl (C=O) groups is 3. The fourth-order valence-electron chi connectivity index (χ4n) is 2.58. The molecule has 2 rings (SSSR count). The van der Waals surface area contributed by atoms with Crippen LogP contribution in [0.1, 0.15) is 36.2 Å². The van der Waals surface area contributed by atoms with E-state index in [2.05, 4.69) is 5.32 Å². The molecule has 8 nitrogen and oxygen atoms in total. The molecule has 0 aliphatic carbocycles. The first-order chi connectivity index (χ1) is 13.7. The van der Waals surface area contributed by atoms with E-state index in [9.17, 15) is 19.5 Å². The summed E-state index contributed by atoms with van der Waals surface area (Å²) in [5.41, 5.74) is 3.31. The minimum Gasteiger partial charge on any atom is -0.476 e. The molecule has 2 aromatic carbocycles. The van der Waals surface area contributed by atoms with Crippen molar-refractivity contribution in [3.05, 3.63) is 65.7 Å². The third-order valence-electron chi connectivity index (χ3n) is 4.05. The van der Waals surface area contributed by atoms with Gasteiger partial charge in [-0.25, -0.2) is 4.79 Å². The molecule has 0 saturated heterocycles. The van der Waals surface area contributed by atoms with Gasteiger partial charge in [0.05, 0.1) is 0 Å². The average Bonchev–Trinajstić information content (AvgIpc) is 2.67.